The first-order valence-corrected chi connectivity index (χ1v) is 12.6. The van der Waals surface area contributed by atoms with E-state index in [9.17, 15) is 4.39 Å². The van der Waals surface area contributed by atoms with Gasteiger partial charge in [-0.3, -0.25) is 0 Å². The second-order valence-corrected chi connectivity index (χ2v) is 10.1. The number of hydrogen-bond acceptors (Lipinski definition) is 5. The van der Waals surface area contributed by atoms with Crippen molar-refractivity contribution in [3.8, 4) is 0 Å². The predicted octanol–water partition coefficient (Wildman–Crippen LogP) is 6.09. The van der Waals surface area contributed by atoms with Gasteiger partial charge >= 0.3 is 0 Å². The summed E-state index contributed by atoms with van der Waals surface area (Å²) >= 11 is 8.97. The number of fused-ring (bicyclic) bond motifs is 1. The molecule has 170 valence electrons. The van der Waals surface area contributed by atoms with Gasteiger partial charge in [0.15, 0.2) is 0 Å². The van der Waals surface area contributed by atoms with Crippen molar-refractivity contribution in [1.82, 2.24) is 15.3 Å². The largest absolute Gasteiger partial charge is 0.350 e. The molecule has 2 aromatic carbocycles. The van der Waals surface area contributed by atoms with Crippen LogP contribution in [0.4, 0.5) is 16.0 Å². The van der Waals surface area contributed by atoms with E-state index in [1.54, 1.807) is 18.3 Å². The van der Waals surface area contributed by atoms with Gasteiger partial charge in [-0.05, 0) is 79.1 Å². The van der Waals surface area contributed by atoms with E-state index in [0.717, 1.165) is 45.7 Å². The minimum absolute atomic E-state index is 0.0373. The highest BCUT2D eigenvalue weighted by molar-refractivity contribution is 14.1. The normalized spacial score (nSPS) is 19.8. The molecule has 0 spiro atoms. The van der Waals surface area contributed by atoms with Gasteiger partial charge in [0.2, 0.25) is 5.95 Å². The predicted molar refractivity (Wildman–Crippen MR) is 139 cm³/mol. The summed E-state index contributed by atoms with van der Waals surface area (Å²) in [6.07, 6.45) is 5.08. The molecule has 0 bridgehead atoms. The standard InChI is InChI=1S/C25H24ClFIN5/c26-18-7-3-9-20(28)22(18)24-17(11-15-5-4-10-29-12-15)23-21(32-24)14-31-25(33-23)30-13-16-6-1-2-8-19(16)27/h1-3,6-9,14-15,17,29H,4-5,10-13H2,(H,30,31,33)/t15-,17?/m1/s1. The van der Waals surface area contributed by atoms with E-state index in [4.69, 9.17) is 21.6 Å². The van der Waals surface area contributed by atoms with Crippen molar-refractivity contribution >= 4 is 51.5 Å². The SMILES string of the molecule is Fc1ccccc1CNc1ncc2c(n1)C(C[C@H]1CCCNC1)C(c1c(Cl)cccc1I)=N2. The van der Waals surface area contributed by atoms with Crippen LogP contribution in [0, 0.1) is 15.3 Å². The van der Waals surface area contributed by atoms with E-state index in [0.29, 0.717) is 29.0 Å². The third kappa shape index (κ3) is 4.90. The lowest BCUT2D eigenvalue weighted by Crippen LogP contribution is -2.31. The molecule has 1 unspecified atom stereocenters. The minimum atomic E-state index is -0.243. The van der Waals surface area contributed by atoms with Crippen LogP contribution in [0.1, 0.15) is 42.0 Å². The van der Waals surface area contributed by atoms with Crippen LogP contribution in [-0.2, 0) is 6.54 Å². The molecular weight excluding hydrogens is 552 g/mol. The molecule has 3 aromatic rings. The van der Waals surface area contributed by atoms with Crippen molar-refractivity contribution in [3.05, 3.63) is 79.9 Å². The molecule has 8 heteroatoms. The summed E-state index contributed by atoms with van der Waals surface area (Å²) in [4.78, 5) is 14.3. The highest BCUT2D eigenvalue weighted by atomic mass is 127. The summed E-state index contributed by atoms with van der Waals surface area (Å²) in [5, 5.41) is 7.40. The number of piperidine rings is 1. The smallest absolute Gasteiger partial charge is 0.223 e. The Morgan fingerprint density at radius 1 is 1.18 bits per heavy atom. The molecule has 2 N–H and O–H groups in total. The molecule has 3 heterocycles. The van der Waals surface area contributed by atoms with Crippen molar-refractivity contribution in [2.45, 2.75) is 31.7 Å². The average Bonchev–Trinajstić information content (AvgIpc) is 3.16. The van der Waals surface area contributed by atoms with Gasteiger partial charge in [-0.25, -0.2) is 19.4 Å². The Morgan fingerprint density at radius 3 is 2.85 bits per heavy atom. The van der Waals surface area contributed by atoms with Crippen molar-refractivity contribution < 1.29 is 4.39 Å². The van der Waals surface area contributed by atoms with Gasteiger partial charge in [-0.2, -0.15) is 0 Å². The number of rotatable bonds is 6. The zero-order valence-electron chi connectivity index (χ0n) is 18.0. The third-order valence-corrected chi connectivity index (χ3v) is 7.49. The fourth-order valence-corrected chi connectivity index (χ4v) is 5.83. The molecule has 1 aromatic heterocycles. The van der Waals surface area contributed by atoms with Crippen molar-refractivity contribution in [1.29, 1.82) is 0 Å². The molecule has 33 heavy (non-hydrogen) atoms. The van der Waals surface area contributed by atoms with Gasteiger partial charge in [0.25, 0.3) is 0 Å². The quantitative estimate of drug-likeness (QED) is 0.349. The Morgan fingerprint density at radius 2 is 2.06 bits per heavy atom. The molecule has 1 fully saturated rings. The second-order valence-electron chi connectivity index (χ2n) is 8.50. The molecular formula is C25H24ClFIN5. The van der Waals surface area contributed by atoms with Crippen LogP contribution in [0.2, 0.25) is 5.02 Å². The minimum Gasteiger partial charge on any atom is -0.350 e. The van der Waals surface area contributed by atoms with E-state index >= 15 is 0 Å². The third-order valence-electron chi connectivity index (χ3n) is 6.28. The van der Waals surface area contributed by atoms with Crippen LogP contribution in [0.3, 0.4) is 0 Å². The lowest BCUT2D eigenvalue weighted by molar-refractivity contribution is 0.351. The maximum Gasteiger partial charge on any atom is 0.223 e. The maximum absolute atomic E-state index is 14.0. The summed E-state index contributed by atoms with van der Waals surface area (Å²) in [6, 6.07) is 12.7. The zero-order valence-corrected chi connectivity index (χ0v) is 20.9. The summed E-state index contributed by atoms with van der Waals surface area (Å²) in [7, 11) is 0. The van der Waals surface area contributed by atoms with Crippen LogP contribution >= 0.6 is 34.2 Å². The van der Waals surface area contributed by atoms with Crippen LogP contribution < -0.4 is 10.6 Å². The highest BCUT2D eigenvalue weighted by Gasteiger charge is 2.34. The first kappa shape index (κ1) is 22.7. The van der Waals surface area contributed by atoms with E-state index in [-0.39, 0.29) is 11.7 Å². The Bertz CT molecular complexity index is 1170. The molecule has 5 nitrogen and oxygen atoms in total. The van der Waals surface area contributed by atoms with Crippen molar-refractivity contribution in [2.75, 3.05) is 18.4 Å². The van der Waals surface area contributed by atoms with Gasteiger partial charge in [0.05, 0.1) is 22.6 Å². The summed E-state index contributed by atoms with van der Waals surface area (Å²) in [6.45, 7) is 2.40. The van der Waals surface area contributed by atoms with Gasteiger partial charge in [0.1, 0.15) is 11.5 Å². The van der Waals surface area contributed by atoms with Gasteiger partial charge in [-0.1, -0.05) is 35.9 Å². The molecule has 2 aliphatic rings. The Kier molecular flexibility index (Phi) is 6.89. The fraction of sp³-hybridized carbons (Fsp3) is 0.320. The van der Waals surface area contributed by atoms with E-state index in [2.05, 4.69) is 44.3 Å². The molecule has 0 saturated carbocycles. The van der Waals surface area contributed by atoms with Crippen LogP contribution in [0.5, 0.6) is 0 Å². The van der Waals surface area contributed by atoms with Crippen LogP contribution in [-0.4, -0.2) is 28.8 Å². The van der Waals surface area contributed by atoms with E-state index in [1.807, 2.05) is 18.2 Å². The fourth-order valence-electron chi connectivity index (χ4n) is 4.62. The zero-order chi connectivity index (χ0) is 22.8. The van der Waals surface area contributed by atoms with Gasteiger partial charge in [0, 0.05) is 27.2 Å². The van der Waals surface area contributed by atoms with Crippen LogP contribution in [0.25, 0.3) is 0 Å². The Balaban J connectivity index is 1.46. The summed E-state index contributed by atoms with van der Waals surface area (Å²) < 4.78 is 15.1. The molecule has 0 radical (unpaired) electrons. The van der Waals surface area contributed by atoms with Crippen LogP contribution in [0.15, 0.2) is 53.7 Å². The summed E-state index contributed by atoms with van der Waals surface area (Å²) in [5.41, 5.74) is 4.22. The number of nitrogens with zero attached hydrogens (tertiary/aromatic N) is 3. The first-order chi connectivity index (χ1) is 16.1. The number of anilines is 1. The Hall–Kier alpha value is -2.10. The van der Waals surface area contributed by atoms with Gasteiger partial charge in [-0.15, -0.1) is 0 Å². The lowest BCUT2D eigenvalue weighted by atomic mass is 9.83. The van der Waals surface area contributed by atoms with Crippen molar-refractivity contribution in [2.24, 2.45) is 10.9 Å². The van der Waals surface area contributed by atoms with E-state index < -0.39 is 0 Å². The van der Waals surface area contributed by atoms with Gasteiger partial charge < -0.3 is 10.6 Å². The van der Waals surface area contributed by atoms with Crippen molar-refractivity contribution in [3.63, 3.8) is 0 Å². The Labute approximate surface area is 211 Å². The molecule has 0 amide bonds. The topological polar surface area (TPSA) is 62.2 Å². The average molecular weight is 576 g/mol. The molecule has 1 saturated heterocycles. The monoisotopic (exact) mass is 575 g/mol. The number of benzene rings is 2. The molecule has 0 aliphatic carbocycles. The highest BCUT2D eigenvalue weighted by Crippen LogP contribution is 2.43. The number of aliphatic imine (C=N–C) groups is 1. The number of halogens is 3. The number of hydrogen-bond donors (Lipinski definition) is 2. The van der Waals surface area contributed by atoms with E-state index in [1.165, 1.54) is 18.9 Å². The molecule has 2 atom stereocenters. The first-order valence-electron chi connectivity index (χ1n) is 11.2. The summed E-state index contributed by atoms with van der Waals surface area (Å²) in [5.74, 6) is 0.821. The number of nitrogens with one attached hydrogen (secondary N) is 2. The lowest BCUT2D eigenvalue weighted by Gasteiger charge is -2.26. The molecule has 2 aliphatic heterocycles. The number of aromatic nitrogens is 2. The maximum atomic E-state index is 14.0. The molecule has 5 rings (SSSR count). The second kappa shape index (κ2) is 10.0.